The van der Waals surface area contributed by atoms with Crippen LogP contribution < -0.4 is 16.2 Å². The standard InChI is InChI=1S/C13H12BrN5O/c1-6-3-10(20-2)7(4-9(6)14)11-8(5-15)12(16)19-13(17)18-11/h3-4H,1-2H3,(H4,16,17,18,19). The summed E-state index contributed by atoms with van der Waals surface area (Å²) < 4.78 is 6.21. The average Bonchev–Trinajstić information content (AvgIpc) is 2.40. The molecular formula is C13H12BrN5O. The first-order valence-corrected chi connectivity index (χ1v) is 6.44. The first-order chi connectivity index (χ1) is 9.47. The van der Waals surface area contributed by atoms with Crippen molar-refractivity contribution in [1.29, 1.82) is 5.26 Å². The van der Waals surface area contributed by atoms with Gasteiger partial charge < -0.3 is 16.2 Å². The number of hydrogen-bond donors (Lipinski definition) is 2. The molecule has 1 heterocycles. The Morgan fingerprint density at radius 1 is 1.30 bits per heavy atom. The normalized spacial score (nSPS) is 10.1. The van der Waals surface area contributed by atoms with Gasteiger partial charge in [-0.3, -0.25) is 0 Å². The van der Waals surface area contributed by atoms with Crippen molar-refractivity contribution in [2.75, 3.05) is 18.6 Å². The van der Waals surface area contributed by atoms with Gasteiger partial charge in [0.2, 0.25) is 5.95 Å². The molecule has 0 saturated carbocycles. The summed E-state index contributed by atoms with van der Waals surface area (Å²) >= 11 is 3.45. The molecule has 20 heavy (non-hydrogen) atoms. The number of aryl methyl sites for hydroxylation is 1. The largest absolute Gasteiger partial charge is 0.496 e. The number of nitriles is 1. The highest BCUT2D eigenvalue weighted by atomic mass is 79.9. The Balaban J connectivity index is 2.81. The van der Waals surface area contributed by atoms with Crippen LogP contribution >= 0.6 is 15.9 Å². The Kier molecular flexibility index (Phi) is 3.77. The van der Waals surface area contributed by atoms with Crippen molar-refractivity contribution in [3.63, 3.8) is 0 Å². The van der Waals surface area contributed by atoms with E-state index in [1.165, 1.54) is 0 Å². The van der Waals surface area contributed by atoms with Gasteiger partial charge in [0.25, 0.3) is 0 Å². The van der Waals surface area contributed by atoms with Crippen molar-refractivity contribution in [1.82, 2.24) is 9.97 Å². The Hall–Kier alpha value is -2.33. The maximum Gasteiger partial charge on any atom is 0.222 e. The van der Waals surface area contributed by atoms with Gasteiger partial charge in [-0.2, -0.15) is 10.2 Å². The Labute approximate surface area is 124 Å². The third-order valence-electron chi connectivity index (χ3n) is 2.80. The highest BCUT2D eigenvalue weighted by molar-refractivity contribution is 9.10. The van der Waals surface area contributed by atoms with Gasteiger partial charge >= 0.3 is 0 Å². The molecule has 6 nitrogen and oxygen atoms in total. The molecule has 0 unspecified atom stereocenters. The second kappa shape index (κ2) is 5.35. The number of nitrogens with two attached hydrogens (primary N) is 2. The van der Waals surface area contributed by atoms with Gasteiger partial charge in [0.15, 0.2) is 0 Å². The number of halogens is 1. The zero-order valence-corrected chi connectivity index (χ0v) is 12.5. The fourth-order valence-electron chi connectivity index (χ4n) is 1.81. The van der Waals surface area contributed by atoms with Crippen LogP contribution in [0.2, 0.25) is 0 Å². The first kappa shape index (κ1) is 14.1. The van der Waals surface area contributed by atoms with Gasteiger partial charge in [-0.25, -0.2) is 4.98 Å². The lowest BCUT2D eigenvalue weighted by Crippen LogP contribution is -2.05. The molecule has 2 rings (SSSR count). The van der Waals surface area contributed by atoms with Gasteiger partial charge in [0.05, 0.1) is 12.8 Å². The number of nitrogens with zero attached hydrogens (tertiary/aromatic N) is 3. The van der Waals surface area contributed by atoms with Crippen LogP contribution in [-0.2, 0) is 0 Å². The minimum atomic E-state index is 0.00949. The van der Waals surface area contributed by atoms with E-state index in [0.717, 1.165) is 10.0 Å². The molecule has 102 valence electrons. The Morgan fingerprint density at radius 2 is 2.00 bits per heavy atom. The zero-order chi connectivity index (χ0) is 14.9. The smallest absolute Gasteiger partial charge is 0.222 e. The van der Waals surface area contributed by atoms with Crippen molar-refractivity contribution < 1.29 is 4.74 Å². The van der Waals surface area contributed by atoms with E-state index >= 15 is 0 Å². The Morgan fingerprint density at radius 3 is 2.60 bits per heavy atom. The lowest BCUT2D eigenvalue weighted by molar-refractivity contribution is 0.416. The van der Waals surface area contributed by atoms with Gasteiger partial charge in [0.1, 0.15) is 23.2 Å². The second-order valence-electron chi connectivity index (χ2n) is 4.10. The molecule has 2 aromatic rings. The van der Waals surface area contributed by atoms with Crippen LogP contribution in [0.25, 0.3) is 11.3 Å². The molecule has 1 aromatic heterocycles. The summed E-state index contributed by atoms with van der Waals surface area (Å²) in [5, 5.41) is 9.24. The van der Waals surface area contributed by atoms with E-state index in [0.29, 0.717) is 17.0 Å². The lowest BCUT2D eigenvalue weighted by atomic mass is 10.0. The van der Waals surface area contributed by atoms with Gasteiger partial charge in [-0.15, -0.1) is 0 Å². The third-order valence-corrected chi connectivity index (χ3v) is 3.66. The van der Waals surface area contributed by atoms with Crippen LogP contribution in [0.15, 0.2) is 16.6 Å². The number of ether oxygens (including phenoxy) is 1. The van der Waals surface area contributed by atoms with Crippen molar-refractivity contribution in [3.8, 4) is 23.1 Å². The van der Waals surface area contributed by atoms with Crippen LogP contribution in [0.1, 0.15) is 11.1 Å². The zero-order valence-electron chi connectivity index (χ0n) is 10.9. The van der Waals surface area contributed by atoms with Crippen LogP contribution in [0.4, 0.5) is 11.8 Å². The second-order valence-corrected chi connectivity index (χ2v) is 4.96. The number of methoxy groups -OCH3 is 1. The van der Waals surface area contributed by atoms with Crippen molar-refractivity contribution in [2.45, 2.75) is 6.92 Å². The summed E-state index contributed by atoms with van der Waals surface area (Å²) in [5.74, 6) is 0.642. The molecule has 1 aromatic carbocycles. The molecule has 0 atom stereocenters. The topological polar surface area (TPSA) is 111 Å². The van der Waals surface area contributed by atoms with Crippen LogP contribution in [-0.4, -0.2) is 17.1 Å². The predicted molar refractivity (Wildman–Crippen MR) is 80.0 cm³/mol. The molecule has 0 fully saturated rings. The SMILES string of the molecule is COc1cc(C)c(Br)cc1-c1nc(N)nc(N)c1C#N. The van der Waals surface area contributed by atoms with Crippen molar-refractivity contribution >= 4 is 27.7 Å². The Bertz CT molecular complexity index is 724. The van der Waals surface area contributed by atoms with Gasteiger partial charge in [-0.1, -0.05) is 15.9 Å². The molecule has 0 aliphatic carbocycles. The van der Waals surface area contributed by atoms with E-state index in [2.05, 4.69) is 25.9 Å². The summed E-state index contributed by atoms with van der Waals surface area (Å²) in [6, 6.07) is 5.66. The van der Waals surface area contributed by atoms with E-state index < -0.39 is 0 Å². The van der Waals surface area contributed by atoms with Crippen molar-refractivity contribution in [3.05, 3.63) is 27.7 Å². The molecule has 0 radical (unpaired) electrons. The van der Waals surface area contributed by atoms with Gasteiger partial charge in [-0.05, 0) is 24.6 Å². The number of nitrogen functional groups attached to an aromatic ring is 2. The average molecular weight is 334 g/mol. The van der Waals surface area contributed by atoms with Crippen molar-refractivity contribution in [2.24, 2.45) is 0 Å². The summed E-state index contributed by atoms with van der Waals surface area (Å²) in [6.45, 7) is 1.93. The molecule has 0 aliphatic rings. The highest BCUT2D eigenvalue weighted by Crippen LogP contribution is 2.36. The number of benzene rings is 1. The maximum absolute atomic E-state index is 9.24. The molecule has 0 amide bonds. The molecule has 0 bridgehead atoms. The highest BCUT2D eigenvalue weighted by Gasteiger charge is 2.18. The summed E-state index contributed by atoms with van der Waals surface area (Å²) in [7, 11) is 1.55. The van der Waals surface area contributed by atoms with E-state index in [9.17, 15) is 5.26 Å². The quantitative estimate of drug-likeness (QED) is 0.871. The molecule has 0 aliphatic heterocycles. The number of aromatic nitrogens is 2. The van der Waals surface area contributed by atoms with Crippen LogP contribution in [0, 0.1) is 18.3 Å². The van der Waals surface area contributed by atoms with Crippen LogP contribution in [0.3, 0.4) is 0 Å². The van der Waals surface area contributed by atoms with E-state index in [-0.39, 0.29) is 17.3 Å². The molecule has 7 heteroatoms. The van der Waals surface area contributed by atoms with E-state index in [4.69, 9.17) is 16.2 Å². The van der Waals surface area contributed by atoms with Crippen LogP contribution in [0.5, 0.6) is 5.75 Å². The first-order valence-electron chi connectivity index (χ1n) is 5.65. The molecule has 4 N–H and O–H groups in total. The van der Waals surface area contributed by atoms with Gasteiger partial charge in [0, 0.05) is 10.0 Å². The minimum Gasteiger partial charge on any atom is -0.496 e. The number of anilines is 2. The summed E-state index contributed by atoms with van der Waals surface area (Å²) in [6.07, 6.45) is 0. The minimum absolute atomic E-state index is 0.00949. The number of hydrogen-bond acceptors (Lipinski definition) is 6. The fourth-order valence-corrected chi connectivity index (χ4v) is 2.15. The summed E-state index contributed by atoms with van der Waals surface area (Å²) in [5.41, 5.74) is 13.5. The fraction of sp³-hybridized carbons (Fsp3) is 0.154. The lowest BCUT2D eigenvalue weighted by Gasteiger charge is -2.12. The van der Waals surface area contributed by atoms with E-state index in [1.807, 2.05) is 25.1 Å². The summed E-state index contributed by atoms with van der Waals surface area (Å²) in [4.78, 5) is 7.91. The monoisotopic (exact) mass is 333 g/mol. The molecule has 0 spiro atoms. The third kappa shape index (κ3) is 2.38. The molecular weight excluding hydrogens is 322 g/mol. The maximum atomic E-state index is 9.24. The predicted octanol–water partition coefficient (Wildman–Crippen LogP) is 2.26. The molecule has 0 saturated heterocycles. The van der Waals surface area contributed by atoms with E-state index in [1.54, 1.807) is 7.11 Å². The number of rotatable bonds is 2.